The van der Waals surface area contributed by atoms with Crippen LogP contribution in [0.15, 0.2) is 41.1 Å². The van der Waals surface area contributed by atoms with Crippen molar-refractivity contribution in [3.05, 3.63) is 57.3 Å². The number of carboxylic acids is 1. The predicted octanol–water partition coefficient (Wildman–Crippen LogP) is 4.08. The van der Waals surface area contributed by atoms with Crippen LogP contribution in [0.25, 0.3) is 6.08 Å². The van der Waals surface area contributed by atoms with E-state index in [1.54, 1.807) is 29.5 Å². The molecule has 0 fully saturated rings. The second kappa shape index (κ2) is 6.41. The van der Waals surface area contributed by atoms with Gasteiger partial charge in [-0.3, -0.25) is 0 Å². The molecule has 0 spiro atoms. The number of rotatable bonds is 5. The van der Waals surface area contributed by atoms with Crippen LogP contribution in [0.3, 0.4) is 0 Å². The van der Waals surface area contributed by atoms with E-state index >= 15 is 0 Å². The van der Waals surface area contributed by atoms with Gasteiger partial charge in [-0.25, -0.2) is 4.79 Å². The number of benzene rings is 1. The van der Waals surface area contributed by atoms with Gasteiger partial charge in [0.2, 0.25) is 0 Å². The maximum absolute atomic E-state index is 10.6. The number of ether oxygens (including phenoxy) is 1. The Labute approximate surface area is 119 Å². The SMILES string of the molecule is O=C(O)/C=C/c1cccc(Cl)c1OCc1ccsc1. The Morgan fingerprint density at radius 1 is 1.42 bits per heavy atom. The van der Waals surface area contributed by atoms with Gasteiger partial charge in [-0.05, 0) is 34.5 Å². The Balaban J connectivity index is 2.20. The Morgan fingerprint density at radius 3 is 2.95 bits per heavy atom. The third-order valence-electron chi connectivity index (χ3n) is 2.37. The minimum absolute atomic E-state index is 0.404. The van der Waals surface area contributed by atoms with Crippen molar-refractivity contribution in [1.29, 1.82) is 0 Å². The van der Waals surface area contributed by atoms with E-state index in [2.05, 4.69) is 0 Å². The van der Waals surface area contributed by atoms with Crippen LogP contribution in [-0.2, 0) is 11.4 Å². The number of para-hydroxylation sites is 1. The van der Waals surface area contributed by atoms with E-state index in [4.69, 9.17) is 21.4 Å². The zero-order chi connectivity index (χ0) is 13.7. The minimum Gasteiger partial charge on any atom is -0.487 e. The molecule has 0 aliphatic carbocycles. The summed E-state index contributed by atoms with van der Waals surface area (Å²) in [7, 11) is 0. The Morgan fingerprint density at radius 2 is 2.26 bits per heavy atom. The lowest BCUT2D eigenvalue weighted by Gasteiger charge is -2.10. The van der Waals surface area contributed by atoms with Crippen molar-refractivity contribution >= 4 is 35.0 Å². The van der Waals surface area contributed by atoms with E-state index in [0.29, 0.717) is 22.9 Å². The summed E-state index contributed by atoms with van der Waals surface area (Å²) in [6.07, 6.45) is 2.53. The molecule has 1 N–H and O–H groups in total. The molecular formula is C14H11ClO3S. The van der Waals surface area contributed by atoms with E-state index in [1.165, 1.54) is 6.08 Å². The molecule has 0 saturated heterocycles. The minimum atomic E-state index is -1.01. The van der Waals surface area contributed by atoms with Crippen LogP contribution in [-0.4, -0.2) is 11.1 Å². The van der Waals surface area contributed by atoms with Crippen molar-refractivity contribution < 1.29 is 14.6 Å². The summed E-state index contributed by atoms with van der Waals surface area (Å²) < 4.78 is 5.68. The summed E-state index contributed by atoms with van der Waals surface area (Å²) in [5, 5.41) is 13.1. The van der Waals surface area contributed by atoms with Crippen molar-refractivity contribution in [1.82, 2.24) is 0 Å². The van der Waals surface area contributed by atoms with Crippen LogP contribution in [0, 0.1) is 0 Å². The van der Waals surface area contributed by atoms with Gasteiger partial charge in [-0.1, -0.05) is 23.7 Å². The standard InChI is InChI=1S/C14H11ClO3S/c15-12-3-1-2-11(4-5-13(16)17)14(12)18-8-10-6-7-19-9-10/h1-7,9H,8H2,(H,16,17)/b5-4+. The van der Waals surface area contributed by atoms with Crippen molar-refractivity contribution in [2.45, 2.75) is 6.61 Å². The highest BCUT2D eigenvalue weighted by Gasteiger charge is 2.07. The van der Waals surface area contributed by atoms with E-state index < -0.39 is 5.97 Å². The summed E-state index contributed by atoms with van der Waals surface area (Å²) in [6.45, 7) is 0.404. The molecule has 0 saturated carbocycles. The number of carboxylic acid groups (broad SMARTS) is 1. The van der Waals surface area contributed by atoms with E-state index in [9.17, 15) is 4.79 Å². The lowest BCUT2D eigenvalue weighted by molar-refractivity contribution is -0.131. The van der Waals surface area contributed by atoms with Gasteiger partial charge in [-0.15, -0.1) is 0 Å². The number of carbonyl (C=O) groups is 1. The summed E-state index contributed by atoms with van der Waals surface area (Å²) in [6, 6.07) is 7.19. The van der Waals surface area contributed by atoms with E-state index in [1.807, 2.05) is 16.8 Å². The highest BCUT2D eigenvalue weighted by molar-refractivity contribution is 7.07. The van der Waals surface area contributed by atoms with Gasteiger partial charge in [0.05, 0.1) is 5.02 Å². The summed E-state index contributed by atoms with van der Waals surface area (Å²) in [4.78, 5) is 10.6. The molecule has 0 radical (unpaired) electrons. The van der Waals surface area contributed by atoms with E-state index in [-0.39, 0.29) is 0 Å². The smallest absolute Gasteiger partial charge is 0.328 e. The van der Waals surface area contributed by atoms with Crippen molar-refractivity contribution in [2.75, 3.05) is 0 Å². The van der Waals surface area contributed by atoms with Crippen LogP contribution in [0.2, 0.25) is 5.02 Å². The molecule has 19 heavy (non-hydrogen) atoms. The quantitative estimate of drug-likeness (QED) is 0.845. The first-order valence-electron chi connectivity index (χ1n) is 5.50. The molecule has 0 amide bonds. The topological polar surface area (TPSA) is 46.5 Å². The van der Waals surface area contributed by atoms with E-state index in [0.717, 1.165) is 11.6 Å². The largest absolute Gasteiger partial charge is 0.487 e. The van der Waals surface area contributed by atoms with Gasteiger partial charge in [0.15, 0.2) is 0 Å². The summed E-state index contributed by atoms with van der Waals surface area (Å²) >= 11 is 7.67. The Bertz CT molecular complexity index is 591. The molecule has 0 unspecified atom stereocenters. The first-order valence-corrected chi connectivity index (χ1v) is 6.82. The summed E-state index contributed by atoms with van der Waals surface area (Å²) in [5.41, 5.74) is 1.70. The molecule has 0 aliphatic rings. The molecule has 1 aromatic carbocycles. The molecule has 1 aromatic heterocycles. The zero-order valence-electron chi connectivity index (χ0n) is 9.88. The van der Waals surface area contributed by atoms with Crippen molar-refractivity contribution in [3.63, 3.8) is 0 Å². The third kappa shape index (κ3) is 3.84. The van der Waals surface area contributed by atoms with Gasteiger partial charge in [0, 0.05) is 11.6 Å². The van der Waals surface area contributed by atoms with Gasteiger partial charge in [0.1, 0.15) is 12.4 Å². The Hall–Kier alpha value is -1.78. The monoisotopic (exact) mass is 294 g/mol. The lowest BCUT2D eigenvalue weighted by atomic mass is 10.2. The number of halogens is 1. The van der Waals surface area contributed by atoms with Crippen LogP contribution in [0.4, 0.5) is 0 Å². The fourth-order valence-electron chi connectivity index (χ4n) is 1.50. The van der Waals surface area contributed by atoms with Crippen LogP contribution in [0.5, 0.6) is 5.75 Å². The predicted molar refractivity (Wildman–Crippen MR) is 76.8 cm³/mol. The molecule has 0 bridgehead atoms. The van der Waals surface area contributed by atoms with Crippen LogP contribution >= 0.6 is 22.9 Å². The van der Waals surface area contributed by atoms with Crippen molar-refractivity contribution in [3.8, 4) is 5.75 Å². The fraction of sp³-hybridized carbons (Fsp3) is 0.0714. The fourth-order valence-corrected chi connectivity index (χ4v) is 2.39. The third-order valence-corrected chi connectivity index (χ3v) is 3.40. The van der Waals surface area contributed by atoms with Gasteiger partial charge < -0.3 is 9.84 Å². The molecule has 98 valence electrons. The maximum Gasteiger partial charge on any atom is 0.328 e. The second-order valence-electron chi connectivity index (χ2n) is 3.75. The van der Waals surface area contributed by atoms with Gasteiger partial charge in [-0.2, -0.15) is 11.3 Å². The molecular weight excluding hydrogens is 284 g/mol. The molecule has 2 rings (SSSR count). The zero-order valence-corrected chi connectivity index (χ0v) is 11.4. The molecule has 5 heteroatoms. The Kier molecular flexibility index (Phi) is 4.60. The molecule has 1 heterocycles. The van der Waals surface area contributed by atoms with Crippen LogP contribution < -0.4 is 4.74 Å². The molecule has 2 aromatic rings. The van der Waals surface area contributed by atoms with Gasteiger partial charge >= 0.3 is 5.97 Å². The number of thiophene rings is 1. The first kappa shape index (κ1) is 13.6. The molecule has 0 atom stereocenters. The van der Waals surface area contributed by atoms with Gasteiger partial charge in [0.25, 0.3) is 0 Å². The van der Waals surface area contributed by atoms with Crippen molar-refractivity contribution in [2.24, 2.45) is 0 Å². The highest BCUT2D eigenvalue weighted by Crippen LogP contribution is 2.30. The lowest BCUT2D eigenvalue weighted by Crippen LogP contribution is -1.96. The molecule has 0 aliphatic heterocycles. The number of hydrogen-bond donors (Lipinski definition) is 1. The maximum atomic E-state index is 10.6. The number of hydrogen-bond acceptors (Lipinski definition) is 3. The first-order chi connectivity index (χ1) is 9.16. The molecule has 3 nitrogen and oxygen atoms in total. The highest BCUT2D eigenvalue weighted by atomic mass is 35.5. The second-order valence-corrected chi connectivity index (χ2v) is 4.94. The number of aliphatic carboxylic acids is 1. The summed E-state index contributed by atoms with van der Waals surface area (Å²) in [5.74, 6) is -0.517. The average Bonchev–Trinajstić information content (AvgIpc) is 2.88. The van der Waals surface area contributed by atoms with Crippen LogP contribution in [0.1, 0.15) is 11.1 Å². The average molecular weight is 295 g/mol. The normalized spacial score (nSPS) is 10.8.